The number of ketones is 1. The normalized spacial score (nSPS) is 12.7. The summed E-state index contributed by atoms with van der Waals surface area (Å²) in [5, 5.41) is 0.731. The van der Waals surface area contributed by atoms with Crippen LogP contribution in [0.5, 0.6) is 0 Å². The topological polar surface area (TPSA) is 70.9 Å². The number of aryl methyl sites for hydroxylation is 1. The highest BCUT2D eigenvalue weighted by Gasteiger charge is 2.22. The van der Waals surface area contributed by atoms with Crippen molar-refractivity contribution in [2.24, 2.45) is 5.84 Å². The highest BCUT2D eigenvalue weighted by atomic mass is 35.5. The number of nitrogen functional groups attached to an aromatic ring is 1. The van der Waals surface area contributed by atoms with Gasteiger partial charge in [0, 0.05) is 23.1 Å². The molecule has 0 saturated carbocycles. The molecule has 0 aliphatic heterocycles. The van der Waals surface area contributed by atoms with Crippen LogP contribution in [-0.4, -0.2) is 10.8 Å². The number of hydrogen-bond donors (Lipinski definition) is 3. The van der Waals surface area contributed by atoms with Crippen molar-refractivity contribution in [3.05, 3.63) is 65.4 Å². The highest BCUT2D eigenvalue weighted by Crippen LogP contribution is 2.30. The van der Waals surface area contributed by atoms with E-state index in [1.807, 2.05) is 0 Å². The summed E-state index contributed by atoms with van der Waals surface area (Å²) in [6.07, 6.45) is 2.28. The molecule has 4 N–H and O–H groups in total. The van der Waals surface area contributed by atoms with E-state index in [1.54, 1.807) is 30.3 Å². The summed E-state index contributed by atoms with van der Waals surface area (Å²) in [7, 11) is 0. The van der Waals surface area contributed by atoms with Crippen molar-refractivity contribution in [1.29, 1.82) is 0 Å². The fraction of sp³-hybridized carbons (Fsp3) is 0.167. The van der Waals surface area contributed by atoms with Crippen molar-refractivity contribution >= 4 is 34.8 Å². The van der Waals surface area contributed by atoms with Crippen LogP contribution in [0.3, 0.4) is 0 Å². The van der Waals surface area contributed by atoms with Crippen molar-refractivity contribution in [1.82, 2.24) is 4.98 Å². The number of aromatic amines is 1. The predicted molar refractivity (Wildman–Crippen MR) is 97.0 cm³/mol. The third-order valence-corrected chi connectivity index (χ3v) is 4.00. The lowest BCUT2D eigenvalue weighted by Crippen LogP contribution is -2.08. The number of anilines is 1. The summed E-state index contributed by atoms with van der Waals surface area (Å²) in [5.41, 5.74) is 4.61. The minimum atomic E-state index is -0.333. The van der Waals surface area contributed by atoms with Gasteiger partial charge in [-0.1, -0.05) is 24.3 Å². The number of fused-ring (bicyclic) bond motifs is 3. The zero-order chi connectivity index (χ0) is 17.1. The summed E-state index contributed by atoms with van der Waals surface area (Å²) < 4.78 is 25.9. The lowest BCUT2D eigenvalue weighted by Gasteiger charge is -2.09. The molecule has 0 bridgehead atoms. The molecule has 4 rings (SSSR count). The van der Waals surface area contributed by atoms with Gasteiger partial charge < -0.3 is 10.4 Å². The van der Waals surface area contributed by atoms with E-state index in [0.717, 1.165) is 23.9 Å². The number of rotatable bonds is 1. The average Bonchev–Trinajstić information content (AvgIpc) is 2.97. The first-order chi connectivity index (χ1) is 11.6. The summed E-state index contributed by atoms with van der Waals surface area (Å²) in [6.45, 7) is 0. The molecule has 0 fully saturated rings. The van der Waals surface area contributed by atoms with E-state index in [4.69, 9.17) is 5.84 Å². The first-order valence-electron chi connectivity index (χ1n) is 7.65. The molecular formula is C18H18ClF2N3O. The molecule has 1 aliphatic rings. The van der Waals surface area contributed by atoms with E-state index in [0.29, 0.717) is 23.2 Å². The first kappa shape index (κ1) is 18.9. The standard InChI is InChI=1S/C12H10FNO.C6H7FN2.ClH/c13-8-4-1-3-7-11-9(14-12(7)8)5-2-6-10(11)15;7-5-3-1-2-4-6(5)9-8;/h1,3-4,14H,2,5-6H2;1-4,9H,8H2;1H. The number of aromatic nitrogens is 1. The summed E-state index contributed by atoms with van der Waals surface area (Å²) in [6, 6.07) is 11.1. The van der Waals surface area contributed by atoms with Gasteiger partial charge in [0.05, 0.1) is 11.2 Å². The maximum Gasteiger partial charge on any atom is 0.165 e. The van der Waals surface area contributed by atoms with Crippen LogP contribution in [0.25, 0.3) is 10.9 Å². The van der Waals surface area contributed by atoms with Crippen molar-refractivity contribution in [3.8, 4) is 0 Å². The Labute approximate surface area is 149 Å². The number of carbonyl (C=O) groups is 1. The molecule has 1 heterocycles. The predicted octanol–water partition coefficient (Wildman–Crippen LogP) is 4.36. The molecule has 25 heavy (non-hydrogen) atoms. The number of para-hydroxylation sites is 2. The van der Waals surface area contributed by atoms with Gasteiger partial charge in [-0.2, -0.15) is 0 Å². The lowest BCUT2D eigenvalue weighted by molar-refractivity contribution is 0.0974. The number of benzene rings is 2. The number of H-pyrrole nitrogens is 1. The van der Waals surface area contributed by atoms with Gasteiger partial charge in [-0.3, -0.25) is 10.6 Å². The molecular weight excluding hydrogens is 348 g/mol. The maximum atomic E-state index is 13.5. The van der Waals surface area contributed by atoms with Crippen LogP contribution in [-0.2, 0) is 6.42 Å². The zero-order valence-electron chi connectivity index (χ0n) is 13.3. The Kier molecular flexibility index (Phi) is 6.12. The van der Waals surface area contributed by atoms with E-state index in [9.17, 15) is 13.6 Å². The minimum Gasteiger partial charge on any atom is -0.355 e. The largest absolute Gasteiger partial charge is 0.355 e. The number of Topliss-reactive ketones (excluding diaryl/α,β-unsaturated/α-hetero) is 1. The van der Waals surface area contributed by atoms with E-state index >= 15 is 0 Å². The number of nitrogens with two attached hydrogens (primary N) is 1. The molecule has 1 aliphatic carbocycles. The smallest absolute Gasteiger partial charge is 0.165 e. The van der Waals surface area contributed by atoms with Crippen LogP contribution in [0.2, 0.25) is 0 Å². The van der Waals surface area contributed by atoms with Crippen molar-refractivity contribution < 1.29 is 13.6 Å². The number of hydrogen-bond acceptors (Lipinski definition) is 3. The molecule has 4 nitrogen and oxygen atoms in total. The molecule has 0 spiro atoms. The molecule has 7 heteroatoms. The van der Waals surface area contributed by atoms with Crippen molar-refractivity contribution in [2.45, 2.75) is 19.3 Å². The van der Waals surface area contributed by atoms with Crippen LogP contribution >= 0.6 is 12.4 Å². The van der Waals surface area contributed by atoms with Crippen LogP contribution in [0.4, 0.5) is 14.5 Å². The second-order valence-electron chi connectivity index (χ2n) is 5.54. The Hall–Kier alpha value is -2.44. The van der Waals surface area contributed by atoms with E-state index in [2.05, 4.69) is 10.4 Å². The van der Waals surface area contributed by atoms with Gasteiger partial charge in [-0.25, -0.2) is 8.78 Å². The van der Waals surface area contributed by atoms with Gasteiger partial charge in [-0.15, -0.1) is 12.4 Å². The molecule has 0 radical (unpaired) electrons. The monoisotopic (exact) mass is 365 g/mol. The van der Waals surface area contributed by atoms with Crippen molar-refractivity contribution in [3.63, 3.8) is 0 Å². The van der Waals surface area contributed by atoms with Gasteiger partial charge in [0.2, 0.25) is 0 Å². The Bertz CT molecular complexity index is 895. The van der Waals surface area contributed by atoms with E-state index in [1.165, 1.54) is 12.1 Å². The molecule has 1 aromatic heterocycles. The Morgan fingerprint density at radius 2 is 1.72 bits per heavy atom. The molecule has 0 saturated heterocycles. The lowest BCUT2D eigenvalue weighted by atomic mass is 9.94. The zero-order valence-corrected chi connectivity index (χ0v) is 14.1. The molecule has 0 atom stereocenters. The fourth-order valence-corrected chi connectivity index (χ4v) is 2.87. The van der Waals surface area contributed by atoms with Gasteiger partial charge in [0.25, 0.3) is 0 Å². The summed E-state index contributed by atoms with van der Waals surface area (Å²) in [5.74, 6) is 4.48. The van der Waals surface area contributed by atoms with Crippen LogP contribution < -0.4 is 11.3 Å². The van der Waals surface area contributed by atoms with Gasteiger partial charge in [-0.05, 0) is 31.0 Å². The number of hydrazine groups is 1. The SMILES string of the molecule is Cl.NNc1ccccc1F.O=C1CCCc2[nH]c3c(F)cccc3c21. The summed E-state index contributed by atoms with van der Waals surface area (Å²) in [4.78, 5) is 14.7. The molecule has 2 aromatic carbocycles. The van der Waals surface area contributed by atoms with E-state index in [-0.39, 0.29) is 29.8 Å². The molecule has 0 unspecified atom stereocenters. The fourth-order valence-electron chi connectivity index (χ4n) is 2.87. The molecule has 3 aromatic rings. The number of carbonyl (C=O) groups excluding carboxylic acids is 1. The first-order valence-corrected chi connectivity index (χ1v) is 7.65. The Balaban J connectivity index is 0.000000196. The number of halogens is 3. The minimum absolute atomic E-state index is 0. The van der Waals surface area contributed by atoms with Crippen LogP contribution in [0.1, 0.15) is 28.9 Å². The number of nitrogens with one attached hydrogen (secondary N) is 2. The Morgan fingerprint density at radius 3 is 2.40 bits per heavy atom. The van der Waals surface area contributed by atoms with Gasteiger partial charge >= 0.3 is 0 Å². The van der Waals surface area contributed by atoms with E-state index < -0.39 is 0 Å². The third-order valence-electron chi connectivity index (χ3n) is 4.00. The highest BCUT2D eigenvalue weighted by molar-refractivity contribution is 6.10. The van der Waals surface area contributed by atoms with Crippen LogP contribution in [0.15, 0.2) is 42.5 Å². The average molecular weight is 366 g/mol. The third kappa shape index (κ3) is 3.81. The van der Waals surface area contributed by atoms with Gasteiger partial charge in [0.1, 0.15) is 11.6 Å². The summed E-state index contributed by atoms with van der Waals surface area (Å²) >= 11 is 0. The van der Waals surface area contributed by atoms with Crippen LogP contribution in [0, 0.1) is 11.6 Å². The van der Waals surface area contributed by atoms with Crippen molar-refractivity contribution in [2.75, 3.05) is 5.43 Å². The molecule has 132 valence electrons. The quantitative estimate of drug-likeness (QED) is 0.443. The van der Waals surface area contributed by atoms with Gasteiger partial charge in [0.15, 0.2) is 5.78 Å². The Morgan fingerprint density at radius 1 is 1.00 bits per heavy atom. The second-order valence-corrected chi connectivity index (χ2v) is 5.54. The molecule has 0 amide bonds. The maximum absolute atomic E-state index is 13.5. The second kappa shape index (κ2) is 8.09.